The number of carbonyl (C=O) groups excluding carboxylic acids is 3. The highest BCUT2D eigenvalue weighted by atomic mass is 16.6. The van der Waals surface area contributed by atoms with E-state index in [1.165, 1.54) is 19.2 Å². The number of aromatic amines is 1. The number of phenols is 1. The molecule has 3 fully saturated rings. The molecule has 12 nitrogen and oxygen atoms in total. The lowest BCUT2D eigenvalue weighted by atomic mass is 9.92. The van der Waals surface area contributed by atoms with Gasteiger partial charge in [0, 0.05) is 29.8 Å². The van der Waals surface area contributed by atoms with Gasteiger partial charge in [0.2, 0.25) is 0 Å². The van der Waals surface area contributed by atoms with E-state index in [0.29, 0.717) is 31.7 Å². The summed E-state index contributed by atoms with van der Waals surface area (Å²) in [4.78, 5) is 38.0. The van der Waals surface area contributed by atoms with Crippen LogP contribution in [0.15, 0.2) is 18.2 Å². The third kappa shape index (κ3) is 4.81. The van der Waals surface area contributed by atoms with Gasteiger partial charge >= 0.3 is 6.09 Å². The molecule has 2 unspecified atom stereocenters. The standard InChI is InChI=1S/C24H28N4O8/c1-33-17-6-20(30)18(9-29)21(7-17)35-12-23(31)25-22-8-19(26-27-22)13-2-3-16(4-13)36-24(32)28-14-5-15(28)11-34-10-14/h6-9,13-16,30H,2-5,10-12H2,1H3,(H2,25,26,27,31)/t13-,14?,15?,16+/m0/s1. The molecule has 1 aromatic carbocycles. The van der Waals surface area contributed by atoms with E-state index in [4.69, 9.17) is 18.9 Å². The van der Waals surface area contributed by atoms with Crippen LogP contribution in [0.5, 0.6) is 17.2 Å². The second kappa shape index (κ2) is 10.1. The van der Waals surface area contributed by atoms with Gasteiger partial charge in [-0.25, -0.2) is 4.79 Å². The Morgan fingerprint density at radius 3 is 2.78 bits per heavy atom. The maximum atomic E-state index is 12.6. The first kappa shape index (κ1) is 23.9. The van der Waals surface area contributed by atoms with Gasteiger partial charge in [-0.1, -0.05) is 0 Å². The van der Waals surface area contributed by atoms with Crippen molar-refractivity contribution in [3.05, 3.63) is 29.5 Å². The first-order chi connectivity index (χ1) is 17.4. The van der Waals surface area contributed by atoms with E-state index >= 15 is 0 Å². The zero-order valence-electron chi connectivity index (χ0n) is 19.8. The molecule has 2 aromatic rings. The molecule has 3 N–H and O–H groups in total. The molecule has 2 aliphatic heterocycles. The summed E-state index contributed by atoms with van der Waals surface area (Å²) in [7, 11) is 1.41. The normalized spacial score (nSPS) is 24.5. The topological polar surface area (TPSA) is 152 Å². The number of methoxy groups -OCH3 is 1. The fourth-order valence-corrected chi connectivity index (χ4v) is 5.04. The maximum absolute atomic E-state index is 12.6. The number of rotatable bonds is 8. The predicted molar refractivity (Wildman–Crippen MR) is 124 cm³/mol. The summed E-state index contributed by atoms with van der Waals surface area (Å²) in [5, 5.41) is 19.7. The summed E-state index contributed by atoms with van der Waals surface area (Å²) in [5.74, 6) is -0.0234. The number of amides is 2. The van der Waals surface area contributed by atoms with Crippen LogP contribution in [0.2, 0.25) is 0 Å². The number of carbonyl (C=O) groups is 3. The molecule has 5 rings (SSSR count). The highest BCUT2D eigenvalue weighted by molar-refractivity contribution is 5.91. The van der Waals surface area contributed by atoms with Gasteiger partial charge in [0.25, 0.3) is 5.91 Å². The van der Waals surface area contributed by atoms with E-state index in [9.17, 15) is 19.5 Å². The SMILES string of the molecule is COc1cc(O)c(C=O)c(OCC(=O)Nc2cc([C@H]3CC[C@@H](OC(=O)N4C5COCC4C5)C3)[nH]n2)c1. The van der Waals surface area contributed by atoms with Gasteiger partial charge in [0.1, 0.15) is 23.4 Å². The molecule has 1 saturated carbocycles. The number of nitrogens with one attached hydrogen (secondary N) is 2. The molecule has 2 amide bonds. The zero-order chi connectivity index (χ0) is 25.2. The number of aromatic nitrogens is 2. The van der Waals surface area contributed by atoms with Gasteiger partial charge < -0.3 is 29.4 Å². The Labute approximate surface area is 206 Å². The second-order valence-corrected chi connectivity index (χ2v) is 9.23. The number of fused-ring (bicyclic) bond motifs is 2. The summed E-state index contributed by atoms with van der Waals surface area (Å²) in [6.07, 6.45) is 3.28. The first-order valence-corrected chi connectivity index (χ1v) is 11.9. The zero-order valence-corrected chi connectivity index (χ0v) is 19.8. The van der Waals surface area contributed by atoms with Crippen molar-refractivity contribution in [2.45, 2.75) is 49.8 Å². The molecule has 192 valence electrons. The van der Waals surface area contributed by atoms with Crippen molar-refractivity contribution < 1.29 is 38.4 Å². The monoisotopic (exact) mass is 500 g/mol. The lowest BCUT2D eigenvalue weighted by Gasteiger charge is -2.51. The average Bonchev–Trinajstić information content (AvgIpc) is 3.52. The number of aromatic hydroxyl groups is 1. The van der Waals surface area contributed by atoms with E-state index in [0.717, 1.165) is 25.0 Å². The molecule has 4 atom stereocenters. The number of aldehydes is 1. The predicted octanol–water partition coefficient (Wildman–Crippen LogP) is 2.20. The highest BCUT2D eigenvalue weighted by Gasteiger charge is 2.47. The number of hydrogen-bond acceptors (Lipinski definition) is 9. The molecule has 3 heterocycles. The van der Waals surface area contributed by atoms with Crippen LogP contribution in [0, 0.1) is 0 Å². The minimum atomic E-state index is -0.491. The van der Waals surface area contributed by atoms with Crippen LogP contribution in [0.3, 0.4) is 0 Å². The van der Waals surface area contributed by atoms with Crippen molar-refractivity contribution in [1.29, 1.82) is 0 Å². The van der Waals surface area contributed by atoms with Crippen molar-refractivity contribution >= 4 is 24.1 Å². The van der Waals surface area contributed by atoms with E-state index in [-0.39, 0.29) is 53.0 Å². The summed E-state index contributed by atoms with van der Waals surface area (Å²) in [5.41, 5.74) is 0.771. The van der Waals surface area contributed by atoms with Gasteiger partial charge in [0.15, 0.2) is 18.7 Å². The molecule has 3 aliphatic rings. The van der Waals surface area contributed by atoms with Crippen molar-refractivity contribution in [3.63, 3.8) is 0 Å². The van der Waals surface area contributed by atoms with Crippen molar-refractivity contribution in [1.82, 2.24) is 15.1 Å². The first-order valence-electron chi connectivity index (χ1n) is 11.9. The van der Waals surface area contributed by atoms with Gasteiger partial charge in [-0.3, -0.25) is 19.6 Å². The Hall–Kier alpha value is -3.80. The number of ether oxygens (including phenoxy) is 4. The van der Waals surface area contributed by atoms with Crippen LogP contribution in [0.1, 0.15) is 47.7 Å². The number of nitrogens with zero attached hydrogens (tertiary/aromatic N) is 2. The fraction of sp³-hybridized carbons (Fsp3) is 0.500. The quantitative estimate of drug-likeness (QED) is 0.463. The van der Waals surface area contributed by atoms with Gasteiger partial charge in [-0.15, -0.1) is 0 Å². The van der Waals surface area contributed by atoms with Crippen LogP contribution in [-0.4, -0.2) is 83.6 Å². The molecule has 0 radical (unpaired) electrons. The summed E-state index contributed by atoms with van der Waals surface area (Å²) in [6, 6.07) is 4.71. The molecule has 0 spiro atoms. The Morgan fingerprint density at radius 2 is 2.06 bits per heavy atom. The molecular weight excluding hydrogens is 472 g/mol. The molecule has 2 saturated heterocycles. The van der Waals surface area contributed by atoms with Gasteiger partial charge in [-0.05, 0) is 25.7 Å². The van der Waals surface area contributed by atoms with Crippen LogP contribution < -0.4 is 14.8 Å². The Kier molecular flexibility index (Phi) is 6.68. The minimum absolute atomic E-state index is 0.0284. The maximum Gasteiger partial charge on any atom is 0.410 e. The van der Waals surface area contributed by atoms with Gasteiger partial charge in [0.05, 0.1) is 38.0 Å². The number of H-pyrrole nitrogens is 1. The van der Waals surface area contributed by atoms with Crippen molar-refractivity contribution in [2.75, 3.05) is 32.2 Å². The van der Waals surface area contributed by atoms with Crippen LogP contribution in [0.4, 0.5) is 10.6 Å². The van der Waals surface area contributed by atoms with Crippen LogP contribution in [-0.2, 0) is 14.3 Å². The number of benzene rings is 1. The van der Waals surface area contributed by atoms with Crippen molar-refractivity contribution in [2.24, 2.45) is 0 Å². The van der Waals surface area contributed by atoms with E-state index in [1.807, 2.05) is 0 Å². The molecular formula is C24H28N4O8. The van der Waals surface area contributed by atoms with E-state index in [1.54, 1.807) is 11.0 Å². The highest BCUT2D eigenvalue weighted by Crippen LogP contribution is 2.38. The van der Waals surface area contributed by atoms with E-state index in [2.05, 4.69) is 15.5 Å². The molecule has 36 heavy (non-hydrogen) atoms. The largest absolute Gasteiger partial charge is 0.507 e. The molecule has 2 bridgehead atoms. The van der Waals surface area contributed by atoms with Crippen molar-refractivity contribution in [3.8, 4) is 17.2 Å². The number of anilines is 1. The number of morpholine rings is 1. The smallest absolute Gasteiger partial charge is 0.410 e. The third-order valence-corrected chi connectivity index (χ3v) is 6.93. The van der Waals surface area contributed by atoms with Crippen LogP contribution >= 0.6 is 0 Å². The Bertz CT molecular complexity index is 1140. The Balaban J connectivity index is 1.11. The molecule has 12 heteroatoms. The lowest BCUT2D eigenvalue weighted by Crippen LogP contribution is -2.65. The minimum Gasteiger partial charge on any atom is -0.507 e. The number of phenolic OH excluding ortho intramolecular Hbond substituents is 1. The van der Waals surface area contributed by atoms with Crippen LogP contribution in [0.25, 0.3) is 0 Å². The summed E-state index contributed by atoms with van der Waals surface area (Å²) in [6.45, 7) is 0.750. The Morgan fingerprint density at radius 1 is 1.25 bits per heavy atom. The molecule has 1 aromatic heterocycles. The number of hydrogen-bond donors (Lipinski definition) is 3. The lowest BCUT2D eigenvalue weighted by molar-refractivity contribution is -0.118. The average molecular weight is 501 g/mol. The van der Waals surface area contributed by atoms with E-state index < -0.39 is 12.5 Å². The van der Waals surface area contributed by atoms with Gasteiger partial charge in [-0.2, -0.15) is 5.10 Å². The molecule has 1 aliphatic carbocycles. The summed E-state index contributed by atoms with van der Waals surface area (Å²) >= 11 is 0. The fourth-order valence-electron chi connectivity index (χ4n) is 5.04. The summed E-state index contributed by atoms with van der Waals surface area (Å²) < 4.78 is 21.6. The third-order valence-electron chi connectivity index (χ3n) is 6.93. The second-order valence-electron chi connectivity index (χ2n) is 9.23.